The van der Waals surface area contributed by atoms with Gasteiger partial charge >= 0.3 is 5.97 Å². The van der Waals surface area contributed by atoms with Crippen molar-refractivity contribution >= 4 is 28.0 Å². The number of nitrogen functional groups attached to an aromatic ring is 1. The molecule has 3 rings (SSSR count). The number of nitrogens with zero attached hydrogens (tertiary/aromatic N) is 1. The Morgan fingerprint density at radius 3 is 2.71 bits per heavy atom. The number of thiophene rings is 1. The number of carbonyl (C=O) groups is 1. The fraction of sp³-hybridized carbons (Fsp3) is 0.688. The summed E-state index contributed by atoms with van der Waals surface area (Å²) in [6.07, 6.45) is 4.83. The molecule has 4 nitrogen and oxygen atoms in total. The number of anilines is 2. The smallest absolute Gasteiger partial charge is 0.350 e. The minimum absolute atomic E-state index is 0.304. The summed E-state index contributed by atoms with van der Waals surface area (Å²) in [5.41, 5.74) is 8.47. The summed E-state index contributed by atoms with van der Waals surface area (Å²) in [7, 11) is 1.42. The first-order chi connectivity index (χ1) is 9.93. The number of rotatable bonds is 3. The van der Waals surface area contributed by atoms with Crippen LogP contribution in [0.25, 0.3) is 0 Å². The van der Waals surface area contributed by atoms with Crippen LogP contribution in [-0.2, 0) is 4.74 Å². The Morgan fingerprint density at radius 1 is 1.43 bits per heavy atom. The SMILES string of the molecule is COC(=O)c1sc(N2CCCC(C)(C)C2)c(C2CC2)c1N. The van der Waals surface area contributed by atoms with Crippen LogP contribution >= 0.6 is 11.3 Å². The molecule has 0 aromatic carbocycles. The minimum atomic E-state index is -0.304. The van der Waals surface area contributed by atoms with Crippen LogP contribution in [-0.4, -0.2) is 26.2 Å². The van der Waals surface area contributed by atoms with Crippen LogP contribution in [0.4, 0.5) is 10.7 Å². The van der Waals surface area contributed by atoms with Crippen LogP contribution < -0.4 is 10.6 Å². The molecule has 2 N–H and O–H groups in total. The topological polar surface area (TPSA) is 55.6 Å². The number of piperidine rings is 1. The molecule has 5 heteroatoms. The van der Waals surface area contributed by atoms with Gasteiger partial charge in [0.05, 0.1) is 17.8 Å². The molecule has 1 aliphatic carbocycles. The maximum Gasteiger partial charge on any atom is 0.350 e. The molecule has 21 heavy (non-hydrogen) atoms. The predicted molar refractivity (Wildman–Crippen MR) is 87.3 cm³/mol. The lowest BCUT2D eigenvalue weighted by atomic mass is 9.84. The second kappa shape index (κ2) is 5.20. The predicted octanol–water partition coefficient (Wildman–Crippen LogP) is 3.62. The van der Waals surface area contributed by atoms with Crippen molar-refractivity contribution in [3.63, 3.8) is 0 Å². The maximum atomic E-state index is 11.9. The van der Waals surface area contributed by atoms with E-state index in [-0.39, 0.29) is 5.97 Å². The highest BCUT2D eigenvalue weighted by atomic mass is 32.1. The Bertz CT molecular complexity index is 561. The maximum absolute atomic E-state index is 11.9. The van der Waals surface area contributed by atoms with Gasteiger partial charge in [-0.3, -0.25) is 0 Å². The van der Waals surface area contributed by atoms with Crippen LogP contribution in [0.2, 0.25) is 0 Å². The average Bonchev–Trinajstić information content (AvgIpc) is 3.20. The molecule has 0 spiro atoms. The van der Waals surface area contributed by atoms with Gasteiger partial charge in [-0.1, -0.05) is 13.8 Å². The number of hydrogen-bond acceptors (Lipinski definition) is 5. The van der Waals surface area contributed by atoms with Gasteiger partial charge in [-0.25, -0.2) is 4.79 Å². The summed E-state index contributed by atoms with van der Waals surface area (Å²) in [5.74, 6) is 0.238. The van der Waals surface area contributed by atoms with E-state index in [1.807, 2.05) is 0 Å². The quantitative estimate of drug-likeness (QED) is 0.867. The third-order valence-corrected chi connectivity index (χ3v) is 5.77. The second-order valence-electron chi connectivity index (χ2n) is 7.02. The van der Waals surface area contributed by atoms with E-state index < -0.39 is 0 Å². The molecule has 1 aromatic heterocycles. The van der Waals surface area contributed by atoms with Gasteiger partial charge in [0.2, 0.25) is 0 Å². The summed E-state index contributed by atoms with van der Waals surface area (Å²) in [5, 5.41) is 1.21. The lowest BCUT2D eigenvalue weighted by molar-refractivity contribution is 0.0607. The van der Waals surface area contributed by atoms with Gasteiger partial charge in [0.1, 0.15) is 4.88 Å². The van der Waals surface area contributed by atoms with Gasteiger partial charge in [-0.05, 0) is 37.0 Å². The molecule has 116 valence electrons. The zero-order chi connectivity index (χ0) is 15.2. The highest BCUT2D eigenvalue weighted by Gasteiger charge is 2.37. The fourth-order valence-corrected chi connectivity index (χ4v) is 4.54. The molecule has 1 saturated heterocycles. The van der Waals surface area contributed by atoms with Crippen molar-refractivity contribution in [1.29, 1.82) is 0 Å². The number of carbonyl (C=O) groups excluding carboxylic acids is 1. The van der Waals surface area contributed by atoms with E-state index in [1.165, 1.54) is 54.7 Å². The summed E-state index contributed by atoms with van der Waals surface area (Å²) < 4.78 is 4.89. The molecule has 0 atom stereocenters. The van der Waals surface area contributed by atoms with E-state index in [1.54, 1.807) is 0 Å². The number of methoxy groups -OCH3 is 1. The highest BCUT2D eigenvalue weighted by molar-refractivity contribution is 7.18. The van der Waals surface area contributed by atoms with Crippen LogP contribution in [0.15, 0.2) is 0 Å². The zero-order valence-corrected chi connectivity index (χ0v) is 13.9. The fourth-order valence-electron chi connectivity index (χ4n) is 3.29. The largest absolute Gasteiger partial charge is 0.465 e. The lowest BCUT2D eigenvalue weighted by Crippen LogP contribution is -2.40. The lowest BCUT2D eigenvalue weighted by Gasteiger charge is -2.39. The molecule has 1 saturated carbocycles. The van der Waals surface area contributed by atoms with E-state index in [2.05, 4.69) is 18.7 Å². The van der Waals surface area contributed by atoms with Crippen molar-refractivity contribution < 1.29 is 9.53 Å². The first-order valence-electron chi connectivity index (χ1n) is 7.68. The standard InChI is InChI=1S/C16H24N2O2S/c1-16(2)7-4-8-18(9-16)14-11(10-5-6-10)12(17)13(21-14)15(19)20-3/h10H,4-9,17H2,1-3H3. The molecule has 0 radical (unpaired) electrons. The van der Waals surface area contributed by atoms with Crippen molar-refractivity contribution in [3.05, 3.63) is 10.4 Å². The van der Waals surface area contributed by atoms with E-state index in [9.17, 15) is 4.79 Å². The van der Waals surface area contributed by atoms with Gasteiger partial charge in [0.15, 0.2) is 0 Å². The minimum Gasteiger partial charge on any atom is -0.465 e. The first-order valence-corrected chi connectivity index (χ1v) is 8.50. The van der Waals surface area contributed by atoms with Crippen molar-refractivity contribution in [1.82, 2.24) is 0 Å². The molecule has 1 aliphatic heterocycles. The Kier molecular flexibility index (Phi) is 3.64. The monoisotopic (exact) mass is 308 g/mol. The summed E-state index contributed by atoms with van der Waals surface area (Å²) in [6.45, 7) is 6.72. The number of hydrogen-bond donors (Lipinski definition) is 1. The number of ether oxygens (including phenoxy) is 1. The van der Waals surface area contributed by atoms with E-state index >= 15 is 0 Å². The Morgan fingerprint density at radius 2 is 2.14 bits per heavy atom. The van der Waals surface area contributed by atoms with Gasteiger partial charge in [0.25, 0.3) is 0 Å². The highest BCUT2D eigenvalue weighted by Crippen LogP contribution is 2.53. The average molecular weight is 308 g/mol. The Balaban J connectivity index is 1.99. The molecular weight excluding hydrogens is 284 g/mol. The number of nitrogens with two attached hydrogens (primary N) is 1. The Hall–Kier alpha value is -1.23. The summed E-state index contributed by atoms with van der Waals surface area (Å²) in [4.78, 5) is 15.0. The molecule has 2 aliphatic rings. The van der Waals surface area contributed by atoms with Crippen LogP contribution in [0, 0.1) is 5.41 Å². The summed E-state index contributed by atoms with van der Waals surface area (Å²) >= 11 is 1.52. The molecule has 1 aromatic rings. The zero-order valence-electron chi connectivity index (χ0n) is 13.1. The van der Waals surface area contributed by atoms with Crippen molar-refractivity contribution in [3.8, 4) is 0 Å². The molecule has 0 amide bonds. The third-order valence-electron chi connectivity index (χ3n) is 4.51. The number of esters is 1. The Labute approximate surface area is 130 Å². The van der Waals surface area contributed by atoms with E-state index in [0.717, 1.165) is 13.1 Å². The van der Waals surface area contributed by atoms with E-state index in [0.29, 0.717) is 21.9 Å². The van der Waals surface area contributed by atoms with Gasteiger partial charge in [-0.2, -0.15) is 0 Å². The van der Waals surface area contributed by atoms with Crippen molar-refractivity contribution in [2.75, 3.05) is 30.8 Å². The van der Waals surface area contributed by atoms with Gasteiger partial charge in [0, 0.05) is 18.7 Å². The molecule has 0 unspecified atom stereocenters. The molecular formula is C16H24N2O2S. The van der Waals surface area contributed by atoms with Crippen molar-refractivity contribution in [2.45, 2.75) is 45.4 Å². The molecule has 2 fully saturated rings. The van der Waals surface area contributed by atoms with Crippen LogP contribution in [0.1, 0.15) is 60.7 Å². The second-order valence-corrected chi connectivity index (χ2v) is 8.02. The normalized spacial score (nSPS) is 21.4. The van der Waals surface area contributed by atoms with Gasteiger partial charge in [-0.15, -0.1) is 11.3 Å². The van der Waals surface area contributed by atoms with Gasteiger partial charge < -0.3 is 15.4 Å². The summed E-state index contributed by atoms with van der Waals surface area (Å²) in [6, 6.07) is 0. The van der Waals surface area contributed by atoms with Crippen LogP contribution in [0.5, 0.6) is 0 Å². The first kappa shape index (κ1) is 14.7. The van der Waals surface area contributed by atoms with Crippen molar-refractivity contribution in [2.24, 2.45) is 5.41 Å². The molecule has 2 heterocycles. The third kappa shape index (κ3) is 2.76. The van der Waals surface area contributed by atoms with Crippen LogP contribution in [0.3, 0.4) is 0 Å². The molecule has 0 bridgehead atoms. The van der Waals surface area contributed by atoms with E-state index in [4.69, 9.17) is 10.5 Å².